The maximum absolute atomic E-state index is 12.5. The molecule has 28 heavy (non-hydrogen) atoms. The number of hydrogen-bond acceptors (Lipinski definition) is 3. The summed E-state index contributed by atoms with van der Waals surface area (Å²) in [6, 6.07) is 20.5. The van der Waals surface area contributed by atoms with Crippen molar-refractivity contribution in [2.75, 3.05) is 17.2 Å². The van der Waals surface area contributed by atoms with Gasteiger partial charge in [-0.1, -0.05) is 53.5 Å². The number of carbonyl (C=O) groups excluding carboxylic acids is 2. The van der Waals surface area contributed by atoms with Crippen LogP contribution in [0.4, 0.5) is 11.4 Å². The standard InChI is InChI=1S/C21H16Cl2N2O3/c22-14-10-11-17(23)18(12-14)25-20(26)13-28-19-9-5-4-8-16(19)21(27)24-15-6-2-1-3-7-15/h1-12H,13H2,(H,24,27)(H,25,26). The van der Waals surface area contributed by atoms with Gasteiger partial charge in [0.2, 0.25) is 0 Å². The minimum Gasteiger partial charge on any atom is -0.483 e. The number of halogens is 2. The van der Waals surface area contributed by atoms with Crippen LogP contribution in [0.25, 0.3) is 0 Å². The molecular weight excluding hydrogens is 399 g/mol. The second-order valence-corrected chi connectivity index (χ2v) is 6.62. The van der Waals surface area contributed by atoms with Crippen molar-refractivity contribution >= 4 is 46.4 Å². The third-order valence-corrected chi connectivity index (χ3v) is 4.29. The number of anilines is 2. The number of ether oxygens (including phenoxy) is 1. The normalized spacial score (nSPS) is 10.2. The zero-order valence-corrected chi connectivity index (χ0v) is 16.1. The van der Waals surface area contributed by atoms with E-state index in [4.69, 9.17) is 27.9 Å². The number of benzene rings is 3. The topological polar surface area (TPSA) is 67.4 Å². The Kier molecular flexibility index (Phi) is 6.53. The fourth-order valence-electron chi connectivity index (χ4n) is 2.42. The number of rotatable bonds is 6. The van der Waals surface area contributed by atoms with Gasteiger partial charge in [0, 0.05) is 10.7 Å². The number of amides is 2. The van der Waals surface area contributed by atoms with Gasteiger partial charge in [0.1, 0.15) is 5.75 Å². The van der Waals surface area contributed by atoms with Gasteiger partial charge in [-0.25, -0.2) is 0 Å². The molecule has 0 fully saturated rings. The van der Waals surface area contributed by atoms with Gasteiger partial charge >= 0.3 is 0 Å². The van der Waals surface area contributed by atoms with Crippen LogP contribution < -0.4 is 15.4 Å². The summed E-state index contributed by atoms with van der Waals surface area (Å²) in [5.74, 6) is -0.467. The highest BCUT2D eigenvalue weighted by molar-refractivity contribution is 6.35. The Balaban J connectivity index is 1.65. The molecule has 3 rings (SSSR count). The van der Waals surface area contributed by atoms with Crippen LogP contribution in [0.2, 0.25) is 10.0 Å². The molecule has 0 aromatic heterocycles. The molecule has 0 unspecified atom stereocenters. The Morgan fingerprint density at radius 3 is 2.36 bits per heavy atom. The van der Waals surface area contributed by atoms with Crippen LogP contribution >= 0.6 is 23.2 Å². The van der Waals surface area contributed by atoms with E-state index in [0.717, 1.165) is 0 Å². The van der Waals surface area contributed by atoms with E-state index in [1.807, 2.05) is 18.2 Å². The zero-order chi connectivity index (χ0) is 19.9. The van der Waals surface area contributed by atoms with Crippen molar-refractivity contribution in [3.8, 4) is 5.75 Å². The van der Waals surface area contributed by atoms with Crippen molar-refractivity contribution in [3.05, 3.63) is 88.4 Å². The molecule has 0 atom stereocenters. The summed E-state index contributed by atoms with van der Waals surface area (Å²) in [6.45, 7) is -0.293. The Morgan fingerprint density at radius 2 is 1.57 bits per heavy atom. The van der Waals surface area contributed by atoms with Crippen molar-refractivity contribution in [2.24, 2.45) is 0 Å². The number of hydrogen-bond donors (Lipinski definition) is 2. The summed E-state index contributed by atoms with van der Waals surface area (Å²) in [5, 5.41) is 6.23. The highest BCUT2D eigenvalue weighted by atomic mass is 35.5. The first-order chi connectivity index (χ1) is 13.5. The lowest BCUT2D eigenvalue weighted by atomic mass is 10.2. The lowest BCUT2D eigenvalue weighted by Crippen LogP contribution is -2.21. The molecule has 2 amide bonds. The average molecular weight is 415 g/mol. The molecule has 0 heterocycles. The summed E-state index contributed by atoms with van der Waals surface area (Å²) in [6.07, 6.45) is 0. The molecule has 0 aliphatic rings. The molecule has 3 aromatic rings. The lowest BCUT2D eigenvalue weighted by molar-refractivity contribution is -0.118. The molecule has 7 heteroatoms. The van der Waals surface area contributed by atoms with Crippen LogP contribution in [-0.4, -0.2) is 18.4 Å². The van der Waals surface area contributed by atoms with E-state index in [0.29, 0.717) is 32.7 Å². The summed E-state index contributed by atoms with van der Waals surface area (Å²) in [4.78, 5) is 24.7. The highest BCUT2D eigenvalue weighted by Crippen LogP contribution is 2.25. The van der Waals surface area contributed by atoms with Crippen LogP contribution in [-0.2, 0) is 4.79 Å². The maximum Gasteiger partial charge on any atom is 0.262 e. The SMILES string of the molecule is O=C(COc1ccccc1C(=O)Nc1ccccc1)Nc1cc(Cl)ccc1Cl. The van der Waals surface area contributed by atoms with Gasteiger partial charge < -0.3 is 15.4 Å². The largest absolute Gasteiger partial charge is 0.483 e. The predicted octanol–water partition coefficient (Wildman–Crippen LogP) is 5.26. The Bertz CT molecular complexity index is 994. The van der Waals surface area contributed by atoms with E-state index in [1.54, 1.807) is 54.6 Å². The van der Waals surface area contributed by atoms with Gasteiger partial charge in [-0.3, -0.25) is 9.59 Å². The third-order valence-electron chi connectivity index (χ3n) is 3.72. The van der Waals surface area contributed by atoms with Crippen molar-refractivity contribution < 1.29 is 14.3 Å². The average Bonchev–Trinajstić information content (AvgIpc) is 2.70. The van der Waals surface area contributed by atoms with E-state index < -0.39 is 5.91 Å². The van der Waals surface area contributed by atoms with Gasteiger partial charge in [0.05, 0.1) is 16.3 Å². The van der Waals surface area contributed by atoms with E-state index >= 15 is 0 Å². The second-order valence-electron chi connectivity index (χ2n) is 5.78. The fraction of sp³-hybridized carbons (Fsp3) is 0.0476. The molecule has 0 saturated carbocycles. The van der Waals surface area contributed by atoms with Crippen molar-refractivity contribution in [1.82, 2.24) is 0 Å². The van der Waals surface area contributed by atoms with Crippen molar-refractivity contribution in [1.29, 1.82) is 0 Å². The maximum atomic E-state index is 12.5. The quantitative estimate of drug-likeness (QED) is 0.577. The lowest BCUT2D eigenvalue weighted by Gasteiger charge is -2.12. The molecule has 2 N–H and O–H groups in total. The molecule has 0 spiro atoms. The first-order valence-electron chi connectivity index (χ1n) is 8.36. The number of para-hydroxylation sites is 2. The molecule has 0 saturated heterocycles. The van der Waals surface area contributed by atoms with Gasteiger partial charge in [-0.2, -0.15) is 0 Å². The van der Waals surface area contributed by atoms with E-state index in [2.05, 4.69) is 10.6 Å². The summed E-state index contributed by atoms with van der Waals surface area (Å²) < 4.78 is 5.55. The first-order valence-corrected chi connectivity index (χ1v) is 9.11. The first kappa shape index (κ1) is 19.7. The van der Waals surface area contributed by atoms with Gasteiger partial charge in [-0.05, 0) is 42.5 Å². The minimum atomic E-state index is -0.428. The highest BCUT2D eigenvalue weighted by Gasteiger charge is 2.14. The van der Waals surface area contributed by atoms with Crippen LogP contribution in [0.15, 0.2) is 72.8 Å². The minimum absolute atomic E-state index is 0.293. The third kappa shape index (κ3) is 5.25. The molecule has 0 radical (unpaired) electrons. The van der Waals surface area contributed by atoms with Gasteiger partial charge in [0.15, 0.2) is 6.61 Å². The molecule has 0 bridgehead atoms. The molecule has 3 aromatic carbocycles. The van der Waals surface area contributed by atoms with E-state index in [9.17, 15) is 9.59 Å². The molecule has 0 aliphatic heterocycles. The zero-order valence-electron chi connectivity index (χ0n) is 14.6. The molecule has 0 aliphatic carbocycles. The second kappa shape index (κ2) is 9.26. The molecular formula is C21H16Cl2N2O3. The Morgan fingerprint density at radius 1 is 0.857 bits per heavy atom. The van der Waals surface area contributed by atoms with E-state index in [-0.39, 0.29) is 12.5 Å². The van der Waals surface area contributed by atoms with Crippen LogP contribution in [0.1, 0.15) is 10.4 Å². The summed E-state index contributed by atoms with van der Waals surface area (Å²) in [7, 11) is 0. The fourth-order valence-corrected chi connectivity index (χ4v) is 2.76. The summed E-state index contributed by atoms with van der Waals surface area (Å²) >= 11 is 11.9. The van der Waals surface area contributed by atoms with Gasteiger partial charge in [-0.15, -0.1) is 0 Å². The van der Waals surface area contributed by atoms with Gasteiger partial charge in [0.25, 0.3) is 11.8 Å². The molecule has 5 nitrogen and oxygen atoms in total. The van der Waals surface area contributed by atoms with Crippen molar-refractivity contribution in [3.63, 3.8) is 0 Å². The number of carbonyl (C=O) groups is 2. The monoisotopic (exact) mass is 414 g/mol. The van der Waals surface area contributed by atoms with Crippen LogP contribution in [0.5, 0.6) is 5.75 Å². The van der Waals surface area contributed by atoms with Crippen LogP contribution in [0.3, 0.4) is 0 Å². The predicted molar refractivity (Wildman–Crippen MR) is 111 cm³/mol. The van der Waals surface area contributed by atoms with Crippen LogP contribution in [0, 0.1) is 0 Å². The summed E-state index contributed by atoms with van der Waals surface area (Å²) in [5.41, 5.74) is 1.37. The molecule has 142 valence electrons. The Labute approximate surface area is 172 Å². The Hall–Kier alpha value is -3.02. The van der Waals surface area contributed by atoms with E-state index in [1.165, 1.54) is 0 Å². The van der Waals surface area contributed by atoms with Crippen molar-refractivity contribution in [2.45, 2.75) is 0 Å². The number of nitrogens with one attached hydrogen (secondary N) is 2. The smallest absolute Gasteiger partial charge is 0.262 e.